The second kappa shape index (κ2) is 32.4. The van der Waals surface area contributed by atoms with E-state index in [0.29, 0.717) is 111 Å². The summed E-state index contributed by atoms with van der Waals surface area (Å²) >= 11 is 15.6. The minimum Gasteiger partial charge on any atom is -0.457 e. The average molecular weight is 1830 g/mol. The molecule has 12 heteroatoms. The Morgan fingerprint density at radius 2 is 0.471 bits per heavy atom. The largest absolute Gasteiger partial charge is 0.457 e. The van der Waals surface area contributed by atoms with Gasteiger partial charge in [0, 0.05) is 64.3 Å². The van der Waals surface area contributed by atoms with Crippen molar-refractivity contribution in [3.63, 3.8) is 0 Å². The zero-order valence-electron chi connectivity index (χ0n) is 80.6. The topological polar surface area (TPSA) is 112 Å². The molecule has 1 aliphatic carbocycles. The van der Waals surface area contributed by atoms with E-state index in [1.807, 2.05) is 121 Å². The van der Waals surface area contributed by atoms with Gasteiger partial charge >= 0.3 is 0 Å². The first-order valence-corrected chi connectivity index (χ1v) is 48.2. The molecule has 0 unspecified atom stereocenters. The average Bonchev–Trinajstić information content (AvgIpc) is 0.684. The van der Waals surface area contributed by atoms with Gasteiger partial charge in [0.15, 0.2) is 0 Å². The standard InChI is InChI=1S/C124H108Cl2N2O8/c1-65(2)81-25-21-26-82(66(3)4)115(81)127-117(129)95-61-101(133-77-45-37-73(38-46-77)121(9,10)11)109-89-31-23-29-87-85(53-55-91(105(87)89)111-103(63-97(119(127)131)107(95)113(109)111)135-79-49-41-75(42-50-79)123(15,16)17)93-57-69-33-34-70-58-94(100(126)60-72(70)36-35-71(69)59-99(93)125)86-54-56-92-106-88(86)30-24-32-90(106)110-102(134-78-47-39-74(40-48-78)122(12,13)14)62-96-108-98(64-104(112(92)114(108)110)136-80-51-43-76(44-52-80)124(18,19)20)120(132)128(118(96)130)116-83(67(5)6)27-22-28-84(116)68(7)8/h21-68H,1-20H3/b34-33-,36-35-,69-33?,70-34?,71-35?,72-36?. The van der Waals surface area contributed by atoms with Gasteiger partial charge in [0.25, 0.3) is 23.6 Å². The van der Waals surface area contributed by atoms with Crippen LogP contribution in [0.1, 0.15) is 270 Å². The third-order valence-corrected chi connectivity index (χ3v) is 28.9. The van der Waals surface area contributed by atoms with Crippen LogP contribution >= 0.6 is 23.2 Å². The number of amides is 4. The maximum atomic E-state index is 16.2. The first kappa shape index (κ1) is 88.7. The normalized spacial score (nSPS) is 14.2. The Hall–Kier alpha value is -13.9. The number of carbonyl (C=O) groups is 4. The number of carbonyl (C=O) groups excluding carboxylic acids is 4. The van der Waals surface area contributed by atoms with Crippen LogP contribution in [0.4, 0.5) is 11.4 Å². The fraction of sp³-hybridized carbons (Fsp3) is 0.226. The predicted octanol–water partition coefficient (Wildman–Crippen LogP) is 35.5. The molecule has 0 radical (unpaired) electrons. The summed E-state index contributed by atoms with van der Waals surface area (Å²) in [6.07, 6.45) is 8.52. The minimum atomic E-state index is -0.436. The highest BCUT2D eigenvalue weighted by molar-refractivity contribution is 6.47. The molecule has 2 aliphatic heterocycles. The van der Waals surface area contributed by atoms with E-state index in [-0.39, 0.29) is 45.3 Å². The summed E-state index contributed by atoms with van der Waals surface area (Å²) < 4.78 is 29.3. The summed E-state index contributed by atoms with van der Waals surface area (Å²) in [5.74, 6) is 2.24. The van der Waals surface area contributed by atoms with E-state index in [0.717, 1.165) is 154 Å². The van der Waals surface area contributed by atoms with Crippen LogP contribution in [0.15, 0.2) is 243 Å². The maximum Gasteiger partial charge on any atom is 0.266 e. The van der Waals surface area contributed by atoms with E-state index in [9.17, 15) is 0 Å². The van der Waals surface area contributed by atoms with Crippen LogP contribution in [0, 0.1) is 0 Å². The summed E-state index contributed by atoms with van der Waals surface area (Å²) in [6, 6.07) is 82.1. The van der Waals surface area contributed by atoms with Gasteiger partial charge in [0.2, 0.25) is 0 Å². The zero-order chi connectivity index (χ0) is 95.4. The number of benzene rings is 18. The van der Waals surface area contributed by atoms with E-state index in [4.69, 9.17) is 42.1 Å². The number of nitrogens with zero attached hydrogens (tertiary/aromatic N) is 2. The SMILES string of the molecule is CC(C)c1cccc(C(C)C)c1N1C(=O)c2cc(Oc3ccc(C(C)(C)C)cc3)c3c4cccc5c(-c6cc7c(cc6Cl)/C=C\c6cc(Cl)c(-c8ccc9c%10c(Oc%11ccc(C(C)(C)C)cc%11)cc%11c%12c(cc(Oc%13ccc(C(C)(C)C)cc%13)c(c%13cccc8c%139)c%12%10)C(=O)N(c8c(C(C)C)cccc8C(C)C)C%11=O)cc6/C=C\7)ccc(c6c(Oc7ccc(C(C)(C)C)cc7)cc(c2c36)C1=O)c54. The van der Waals surface area contributed by atoms with Gasteiger partial charge in [0.1, 0.15) is 46.0 Å². The summed E-state index contributed by atoms with van der Waals surface area (Å²) in [4.78, 5) is 67.8. The maximum absolute atomic E-state index is 16.2. The molecule has 21 rings (SSSR count). The lowest BCUT2D eigenvalue weighted by Crippen LogP contribution is -2.42. The molecule has 0 fully saturated rings. The Bertz CT molecular complexity index is 7410. The van der Waals surface area contributed by atoms with Crippen molar-refractivity contribution in [2.75, 3.05) is 9.80 Å². The lowest BCUT2D eigenvalue weighted by molar-refractivity contribution is 0.0877. The fourth-order valence-electron chi connectivity index (χ4n) is 21.1. The van der Waals surface area contributed by atoms with Gasteiger partial charge in [0.05, 0.1) is 33.6 Å². The number of imide groups is 2. The van der Waals surface area contributed by atoms with Crippen LogP contribution in [0.5, 0.6) is 46.0 Å². The number of hydrogen-bond acceptors (Lipinski definition) is 8. The summed E-state index contributed by atoms with van der Waals surface area (Å²) in [5, 5.41) is 13.4. The van der Waals surface area contributed by atoms with E-state index in [2.05, 4.69) is 284 Å². The quantitative estimate of drug-likeness (QED) is 0.0534. The van der Waals surface area contributed by atoms with E-state index in [1.54, 1.807) is 0 Å². The molecule has 10 nitrogen and oxygen atoms in total. The van der Waals surface area contributed by atoms with Gasteiger partial charge in [-0.1, -0.05) is 332 Å². The van der Waals surface area contributed by atoms with Gasteiger partial charge in [-0.25, -0.2) is 9.80 Å². The molecule has 18 aromatic carbocycles. The molecule has 0 saturated carbocycles. The third-order valence-electron chi connectivity index (χ3n) is 28.3. The van der Waals surface area contributed by atoms with Crippen LogP contribution in [0.2, 0.25) is 10.0 Å². The minimum absolute atomic E-state index is 0.0296. The number of fused-ring (bicyclic) bond motifs is 6. The smallest absolute Gasteiger partial charge is 0.266 e. The van der Waals surface area contributed by atoms with Gasteiger partial charge < -0.3 is 18.9 Å². The molecule has 0 N–H and O–H groups in total. The number of ether oxygens (including phenoxy) is 4. The predicted molar refractivity (Wildman–Crippen MR) is 566 cm³/mol. The Balaban J connectivity index is 0.735. The van der Waals surface area contributed by atoms with Crippen LogP contribution in [0.3, 0.4) is 0 Å². The van der Waals surface area contributed by atoms with Crippen molar-refractivity contribution in [2.45, 2.75) is 184 Å². The monoisotopic (exact) mass is 1820 g/mol. The van der Waals surface area contributed by atoms with Gasteiger partial charge in [-0.3, -0.25) is 19.2 Å². The Morgan fingerprint density at radius 1 is 0.235 bits per heavy atom. The van der Waals surface area contributed by atoms with Gasteiger partial charge in [-0.2, -0.15) is 0 Å². The first-order chi connectivity index (χ1) is 64.8. The van der Waals surface area contributed by atoms with Crippen molar-refractivity contribution >= 4 is 169 Å². The molecule has 0 bridgehead atoms. The lowest BCUT2D eigenvalue weighted by Gasteiger charge is -2.33. The van der Waals surface area contributed by atoms with Crippen LogP contribution in [-0.4, -0.2) is 23.6 Å². The second-order valence-electron chi connectivity index (χ2n) is 42.6. The number of para-hydroxylation sites is 2. The Morgan fingerprint density at radius 3 is 0.721 bits per heavy atom. The molecule has 18 aromatic rings. The lowest BCUT2D eigenvalue weighted by atomic mass is 9.81. The molecule has 0 aromatic heterocycles. The molecule has 0 atom stereocenters. The van der Waals surface area contributed by atoms with Gasteiger partial charge in [-0.15, -0.1) is 0 Å². The van der Waals surface area contributed by atoms with Crippen molar-refractivity contribution in [3.8, 4) is 68.2 Å². The van der Waals surface area contributed by atoms with E-state index < -0.39 is 23.6 Å². The number of hydrogen-bond donors (Lipinski definition) is 0. The van der Waals surface area contributed by atoms with Gasteiger partial charge in [-0.05, 0) is 263 Å². The highest BCUT2D eigenvalue weighted by Crippen LogP contribution is 2.59. The number of anilines is 2. The molecule has 136 heavy (non-hydrogen) atoms. The van der Waals surface area contributed by atoms with E-state index in [1.165, 1.54) is 9.80 Å². The Labute approximate surface area is 804 Å². The molecule has 676 valence electrons. The highest BCUT2D eigenvalue weighted by Gasteiger charge is 2.44. The molecule has 2 heterocycles. The molecular weight excluding hydrogens is 1720 g/mol. The summed E-state index contributed by atoms with van der Waals surface area (Å²) in [5.41, 5.74) is 17.2. The fourth-order valence-corrected chi connectivity index (χ4v) is 21.7. The first-order valence-electron chi connectivity index (χ1n) is 47.5. The van der Waals surface area contributed by atoms with Crippen LogP contribution < -0.4 is 28.7 Å². The highest BCUT2D eigenvalue weighted by atomic mass is 35.5. The van der Waals surface area contributed by atoms with E-state index >= 15 is 19.2 Å². The number of halogens is 2. The van der Waals surface area contributed by atoms with Crippen molar-refractivity contribution in [2.24, 2.45) is 0 Å². The number of rotatable bonds is 16. The zero-order valence-corrected chi connectivity index (χ0v) is 82.1. The van der Waals surface area contributed by atoms with Crippen molar-refractivity contribution in [3.05, 3.63) is 342 Å². The summed E-state index contributed by atoms with van der Waals surface area (Å²) in [6.45, 7) is 43.1. The summed E-state index contributed by atoms with van der Waals surface area (Å²) in [7, 11) is 0. The second-order valence-corrected chi connectivity index (χ2v) is 43.5. The molecular formula is C124H108Cl2N2O8. The third kappa shape index (κ3) is 14.6. The van der Waals surface area contributed by atoms with Crippen LogP contribution in [-0.2, 0) is 21.7 Å². The molecule has 0 saturated heterocycles. The van der Waals surface area contributed by atoms with Crippen LogP contribution in [0.25, 0.3) is 133 Å². The Kier molecular flexibility index (Phi) is 21.1. The van der Waals surface area contributed by atoms with Crippen molar-refractivity contribution in [1.82, 2.24) is 0 Å². The van der Waals surface area contributed by atoms with Crippen molar-refractivity contribution < 1.29 is 38.1 Å². The molecule has 0 spiro atoms. The van der Waals surface area contributed by atoms with Crippen molar-refractivity contribution in [1.29, 1.82) is 0 Å². The molecule has 3 aliphatic rings. The molecule has 4 amide bonds.